The van der Waals surface area contributed by atoms with Crippen molar-refractivity contribution >= 4 is 29.3 Å². The van der Waals surface area contributed by atoms with E-state index in [9.17, 15) is 19.5 Å². The van der Waals surface area contributed by atoms with Gasteiger partial charge in [0, 0.05) is 6.20 Å². The molecule has 0 aliphatic carbocycles. The van der Waals surface area contributed by atoms with Crippen molar-refractivity contribution in [1.82, 2.24) is 4.90 Å². The number of benzene rings is 1. The Bertz CT molecular complexity index is 887. The molecular weight excluding hydrogens is 338 g/mol. The molecule has 0 saturated heterocycles. The van der Waals surface area contributed by atoms with E-state index in [0.29, 0.717) is 5.84 Å². The van der Waals surface area contributed by atoms with Crippen molar-refractivity contribution < 1.29 is 24.2 Å². The fourth-order valence-corrected chi connectivity index (χ4v) is 2.82. The van der Waals surface area contributed by atoms with Crippen molar-refractivity contribution in [3.63, 3.8) is 0 Å². The van der Waals surface area contributed by atoms with E-state index in [1.165, 1.54) is 25.3 Å². The van der Waals surface area contributed by atoms with Crippen LogP contribution in [0, 0.1) is 0 Å². The van der Waals surface area contributed by atoms with Crippen LogP contribution in [0.2, 0.25) is 0 Å². The predicted molar refractivity (Wildman–Crippen MR) is 93.7 cm³/mol. The van der Waals surface area contributed by atoms with Gasteiger partial charge in [0.25, 0.3) is 11.8 Å². The molecule has 0 bridgehead atoms. The van der Waals surface area contributed by atoms with E-state index >= 15 is 0 Å². The number of phenols is 1. The monoisotopic (exact) mass is 355 g/mol. The maximum absolute atomic E-state index is 12.9. The summed E-state index contributed by atoms with van der Waals surface area (Å²) in [5.74, 6) is -1.39. The van der Waals surface area contributed by atoms with E-state index in [2.05, 4.69) is 15.0 Å². The van der Waals surface area contributed by atoms with Crippen LogP contribution in [0.3, 0.4) is 0 Å². The summed E-state index contributed by atoms with van der Waals surface area (Å²) >= 11 is 0. The molecule has 134 valence electrons. The Hall–Kier alpha value is -3.42. The number of nitrogens with zero attached hydrogens (tertiary/aromatic N) is 2. The second-order valence-electron chi connectivity index (χ2n) is 6.06. The quantitative estimate of drug-likeness (QED) is 0.630. The van der Waals surface area contributed by atoms with Crippen LogP contribution >= 0.6 is 0 Å². The highest BCUT2D eigenvalue weighted by Gasteiger charge is 2.45. The number of ether oxygens (including phenoxy) is 1. The highest BCUT2D eigenvalue weighted by Crippen LogP contribution is 2.31. The Balaban J connectivity index is 1.87. The number of carbonyl (C=O) groups excluding carboxylic acids is 3. The molecule has 0 radical (unpaired) electrons. The number of hydrogen-bond acceptors (Lipinski definition) is 6. The number of amides is 2. The third kappa shape index (κ3) is 2.97. The molecule has 0 saturated carbocycles. The van der Waals surface area contributed by atoms with Gasteiger partial charge in [-0.15, -0.1) is 0 Å². The summed E-state index contributed by atoms with van der Waals surface area (Å²) in [5.41, 5.74) is -0.930. The van der Waals surface area contributed by atoms with Crippen molar-refractivity contribution in [2.45, 2.75) is 18.9 Å². The maximum Gasteiger partial charge on any atom is 0.337 e. The van der Waals surface area contributed by atoms with Crippen LogP contribution in [0.1, 0.15) is 23.7 Å². The molecule has 0 fully saturated rings. The Morgan fingerprint density at radius 2 is 2.12 bits per heavy atom. The van der Waals surface area contributed by atoms with Crippen molar-refractivity contribution in [3.8, 4) is 5.75 Å². The first-order chi connectivity index (χ1) is 12.3. The molecule has 8 heteroatoms. The van der Waals surface area contributed by atoms with Gasteiger partial charge in [0.2, 0.25) is 0 Å². The molecule has 0 aromatic heterocycles. The van der Waals surface area contributed by atoms with Crippen molar-refractivity contribution in [2.75, 3.05) is 12.4 Å². The number of nitrogens with one attached hydrogen (secondary N) is 1. The van der Waals surface area contributed by atoms with Crippen LogP contribution in [0.5, 0.6) is 5.75 Å². The highest BCUT2D eigenvalue weighted by atomic mass is 16.5. The number of rotatable bonds is 3. The number of aromatic hydroxyl groups is 1. The summed E-state index contributed by atoms with van der Waals surface area (Å²) in [7, 11) is 1.23. The van der Waals surface area contributed by atoms with Crippen molar-refractivity contribution in [3.05, 3.63) is 48.2 Å². The standard InChI is InChI=1S/C18H17N3O5/c1-18(10-15(23)20-14-5-3-4-8-21(14)18)17(25)19-12-7-6-11(9-13(12)22)16(24)26-2/h3-9,22H,10H2,1-2H3,(H,19,25). The summed E-state index contributed by atoms with van der Waals surface area (Å²) in [6.45, 7) is 1.62. The largest absolute Gasteiger partial charge is 0.506 e. The Labute approximate surface area is 149 Å². The zero-order valence-electron chi connectivity index (χ0n) is 14.2. The van der Waals surface area contributed by atoms with Crippen LogP contribution in [0.15, 0.2) is 47.6 Å². The van der Waals surface area contributed by atoms with Gasteiger partial charge >= 0.3 is 5.97 Å². The van der Waals surface area contributed by atoms with E-state index in [1.807, 2.05) is 0 Å². The zero-order chi connectivity index (χ0) is 18.9. The number of hydrogen-bond donors (Lipinski definition) is 2. The van der Waals surface area contributed by atoms with Gasteiger partial charge in [-0.1, -0.05) is 6.08 Å². The second kappa shape index (κ2) is 6.47. The number of methoxy groups -OCH3 is 1. The molecule has 1 atom stereocenters. The van der Waals surface area contributed by atoms with E-state index in [1.54, 1.807) is 36.3 Å². The summed E-state index contributed by atoms with van der Waals surface area (Å²) in [4.78, 5) is 41.9. The second-order valence-corrected chi connectivity index (χ2v) is 6.06. The molecule has 1 aromatic rings. The molecule has 2 N–H and O–H groups in total. The van der Waals surface area contributed by atoms with Gasteiger partial charge in [-0.3, -0.25) is 9.59 Å². The lowest BCUT2D eigenvalue weighted by atomic mass is 9.91. The molecule has 3 rings (SSSR count). The average molecular weight is 355 g/mol. The molecule has 1 unspecified atom stereocenters. The molecule has 2 heterocycles. The number of aliphatic imine (C=N–C) groups is 1. The minimum Gasteiger partial charge on any atom is -0.506 e. The topological polar surface area (TPSA) is 108 Å². The lowest BCUT2D eigenvalue weighted by Gasteiger charge is -2.41. The summed E-state index contributed by atoms with van der Waals surface area (Å²) in [5, 5.41) is 12.7. The number of anilines is 1. The lowest BCUT2D eigenvalue weighted by molar-refractivity contribution is -0.130. The first kappa shape index (κ1) is 17.4. The Kier molecular flexibility index (Phi) is 4.33. The van der Waals surface area contributed by atoms with Gasteiger partial charge in [0.15, 0.2) is 0 Å². The Morgan fingerprint density at radius 1 is 1.35 bits per heavy atom. The third-order valence-electron chi connectivity index (χ3n) is 4.26. The fourth-order valence-electron chi connectivity index (χ4n) is 2.82. The number of allylic oxidation sites excluding steroid dienone is 2. The SMILES string of the molecule is COC(=O)c1ccc(NC(=O)C2(C)CC(=O)N=C3C=CC=CN32)c(O)c1. The lowest BCUT2D eigenvalue weighted by Crippen LogP contribution is -2.58. The average Bonchev–Trinajstić information content (AvgIpc) is 2.62. The number of esters is 1. The fraction of sp³-hybridized carbons (Fsp3) is 0.222. The molecule has 2 aliphatic rings. The van der Waals surface area contributed by atoms with Gasteiger partial charge in [-0.2, -0.15) is 4.99 Å². The first-order valence-corrected chi connectivity index (χ1v) is 7.83. The van der Waals surface area contributed by atoms with Crippen LogP contribution in [0.4, 0.5) is 5.69 Å². The molecular formula is C18H17N3O5. The minimum absolute atomic E-state index is 0.110. The van der Waals surface area contributed by atoms with Gasteiger partial charge in [0.05, 0.1) is 24.8 Å². The van der Waals surface area contributed by atoms with E-state index < -0.39 is 23.3 Å². The predicted octanol–water partition coefficient (Wildman–Crippen LogP) is 1.59. The normalized spacial score (nSPS) is 21.1. The first-order valence-electron chi connectivity index (χ1n) is 7.83. The number of carbonyl (C=O) groups is 3. The van der Waals surface area contributed by atoms with Crippen LogP contribution in [-0.2, 0) is 14.3 Å². The van der Waals surface area contributed by atoms with E-state index in [0.717, 1.165) is 0 Å². The number of amidine groups is 1. The molecule has 8 nitrogen and oxygen atoms in total. The Morgan fingerprint density at radius 3 is 2.81 bits per heavy atom. The maximum atomic E-state index is 12.9. The van der Waals surface area contributed by atoms with Gasteiger partial charge in [-0.25, -0.2) is 4.79 Å². The summed E-state index contributed by atoms with van der Waals surface area (Å²) < 4.78 is 4.59. The zero-order valence-corrected chi connectivity index (χ0v) is 14.2. The number of fused-ring (bicyclic) bond motifs is 1. The molecule has 1 aromatic carbocycles. The molecule has 2 aliphatic heterocycles. The molecule has 0 spiro atoms. The van der Waals surface area contributed by atoms with Gasteiger partial charge < -0.3 is 20.1 Å². The van der Waals surface area contributed by atoms with E-state index in [-0.39, 0.29) is 23.4 Å². The third-order valence-corrected chi connectivity index (χ3v) is 4.26. The molecule has 2 amide bonds. The van der Waals surface area contributed by atoms with E-state index in [4.69, 9.17) is 0 Å². The van der Waals surface area contributed by atoms with Crippen molar-refractivity contribution in [1.29, 1.82) is 0 Å². The van der Waals surface area contributed by atoms with Crippen molar-refractivity contribution in [2.24, 2.45) is 4.99 Å². The van der Waals surface area contributed by atoms with Gasteiger partial charge in [0.1, 0.15) is 17.1 Å². The van der Waals surface area contributed by atoms with Crippen LogP contribution in [-0.4, -0.2) is 46.3 Å². The van der Waals surface area contributed by atoms with Crippen LogP contribution in [0.25, 0.3) is 0 Å². The summed E-state index contributed by atoms with van der Waals surface area (Å²) in [6.07, 6.45) is 6.67. The minimum atomic E-state index is -1.21. The summed E-state index contributed by atoms with van der Waals surface area (Å²) in [6, 6.07) is 4.02. The number of phenolic OH excluding ortho intramolecular Hbond substituents is 1. The molecule has 26 heavy (non-hydrogen) atoms. The van der Waals surface area contributed by atoms with Crippen LogP contribution < -0.4 is 5.32 Å². The smallest absolute Gasteiger partial charge is 0.337 e. The highest BCUT2D eigenvalue weighted by molar-refractivity contribution is 6.12. The van der Waals surface area contributed by atoms with Gasteiger partial charge in [-0.05, 0) is 37.3 Å².